The van der Waals surface area contributed by atoms with Crippen LogP contribution in [-0.2, 0) is 19.5 Å². The molecule has 11 heteroatoms. The zero-order valence-electron chi connectivity index (χ0n) is 27.2. The van der Waals surface area contributed by atoms with Crippen molar-refractivity contribution in [2.24, 2.45) is 45.5 Å². The Hall–Kier alpha value is -3.37. The van der Waals surface area contributed by atoms with Crippen molar-refractivity contribution in [3.8, 4) is 0 Å². The molecule has 8 fully saturated rings. The topological polar surface area (TPSA) is 72.8 Å². The summed E-state index contributed by atoms with van der Waals surface area (Å²) in [7, 11) is 0. The lowest BCUT2D eigenvalue weighted by molar-refractivity contribution is -0.136. The summed E-state index contributed by atoms with van der Waals surface area (Å²) in [6, 6.07) is 10.2. The van der Waals surface area contributed by atoms with Crippen LogP contribution in [0.15, 0.2) is 52.4 Å². The van der Waals surface area contributed by atoms with E-state index < -0.39 is 25.1 Å². The molecule has 0 radical (unpaired) electrons. The fourth-order valence-corrected chi connectivity index (χ4v) is 11.2. The van der Waals surface area contributed by atoms with Crippen molar-refractivity contribution in [1.82, 2.24) is 10.9 Å². The van der Waals surface area contributed by atoms with Crippen molar-refractivity contribution in [3.05, 3.63) is 59.2 Å². The van der Waals surface area contributed by atoms with Gasteiger partial charge >= 0.3 is 6.18 Å². The summed E-state index contributed by atoms with van der Waals surface area (Å²) in [6.45, 7) is -1.49. The quantitative estimate of drug-likeness (QED) is 0.107. The molecule has 0 heterocycles. The van der Waals surface area contributed by atoms with Crippen LogP contribution in [0.2, 0.25) is 0 Å². The van der Waals surface area contributed by atoms with Crippen LogP contribution in [0.25, 0.3) is 0 Å². The van der Waals surface area contributed by atoms with E-state index in [0.717, 1.165) is 44.6 Å². The lowest BCUT2D eigenvalue weighted by Gasteiger charge is -2.55. The molecule has 8 aliphatic carbocycles. The zero-order valence-corrected chi connectivity index (χ0v) is 27.2. The molecule has 258 valence electrons. The van der Waals surface area contributed by atoms with Crippen LogP contribution in [0.1, 0.15) is 93.7 Å². The predicted molar refractivity (Wildman–Crippen MR) is 178 cm³/mol. The minimum Gasteiger partial charge on any atom is -0.325 e. The molecule has 0 unspecified atom stereocenters. The first-order valence-corrected chi connectivity index (χ1v) is 17.7. The Labute approximate surface area is 278 Å². The number of nitrogens with zero attached hydrogens (tertiary/aromatic N) is 2. The molecule has 6 nitrogen and oxygen atoms in total. The molecule has 8 saturated carbocycles. The van der Waals surface area contributed by atoms with Gasteiger partial charge in [0.1, 0.15) is 13.3 Å². The summed E-state index contributed by atoms with van der Waals surface area (Å²) < 4.78 is 70.0. The Morgan fingerprint density at radius 3 is 1.52 bits per heavy atom. The minimum absolute atomic E-state index is 0.0863. The molecule has 0 aromatic heterocycles. The highest BCUT2D eigenvalue weighted by atomic mass is 19.4. The molecular formula is C37H45F5N6. The summed E-state index contributed by atoms with van der Waals surface area (Å²) >= 11 is 0. The molecule has 2 aromatic rings. The fraction of sp³-hybridized carbons (Fsp3) is 0.622. The van der Waals surface area contributed by atoms with E-state index >= 15 is 0 Å². The SMILES string of the molecule is FCc1ccc(NC(=NC23CC4CC(CC(C4)C2)C3)NNC(=NC23CC4CC(CC(C4)C2)C3)Nc2ccccc2C(F)(F)F)c(CF)c1. The molecule has 0 spiro atoms. The third kappa shape index (κ3) is 6.38. The van der Waals surface area contributed by atoms with E-state index in [4.69, 9.17) is 9.98 Å². The molecule has 0 atom stereocenters. The molecular weight excluding hydrogens is 623 g/mol. The van der Waals surface area contributed by atoms with Gasteiger partial charge in [0.2, 0.25) is 11.9 Å². The molecule has 8 aliphatic rings. The molecule has 8 bridgehead atoms. The van der Waals surface area contributed by atoms with Crippen LogP contribution in [0.3, 0.4) is 0 Å². The monoisotopic (exact) mass is 668 g/mol. The number of rotatable bonds is 6. The van der Waals surface area contributed by atoms with Gasteiger partial charge < -0.3 is 10.6 Å². The van der Waals surface area contributed by atoms with Crippen molar-refractivity contribution in [2.45, 2.75) is 108 Å². The third-order valence-electron chi connectivity index (χ3n) is 12.2. The molecule has 0 amide bonds. The Morgan fingerprint density at radius 1 is 0.625 bits per heavy atom. The highest BCUT2D eigenvalue weighted by Gasteiger charge is 2.52. The molecule has 10 rings (SSSR count). The average Bonchev–Trinajstić information content (AvgIpc) is 3.02. The summed E-state index contributed by atoms with van der Waals surface area (Å²) in [4.78, 5) is 10.5. The van der Waals surface area contributed by atoms with Gasteiger partial charge in [-0.05, 0) is 142 Å². The minimum atomic E-state index is -4.55. The lowest BCUT2D eigenvalue weighted by Crippen LogP contribution is -2.54. The van der Waals surface area contributed by atoms with Crippen LogP contribution in [0, 0.1) is 35.5 Å². The van der Waals surface area contributed by atoms with E-state index in [0.29, 0.717) is 58.3 Å². The predicted octanol–water partition coefficient (Wildman–Crippen LogP) is 8.91. The normalized spacial score (nSPS) is 35.2. The molecule has 0 aliphatic heterocycles. The van der Waals surface area contributed by atoms with Gasteiger partial charge in [-0.3, -0.25) is 10.9 Å². The third-order valence-corrected chi connectivity index (χ3v) is 12.2. The highest BCUT2D eigenvalue weighted by molar-refractivity contribution is 5.99. The number of guanidine groups is 2. The first-order valence-electron chi connectivity index (χ1n) is 17.7. The Morgan fingerprint density at radius 2 is 1.08 bits per heavy atom. The van der Waals surface area contributed by atoms with Crippen molar-refractivity contribution < 1.29 is 22.0 Å². The molecule has 0 saturated heterocycles. The molecule has 4 N–H and O–H groups in total. The Bertz CT molecular complexity index is 1510. The van der Waals surface area contributed by atoms with E-state index in [9.17, 15) is 22.0 Å². The maximum atomic E-state index is 14.2. The van der Waals surface area contributed by atoms with Gasteiger partial charge in [-0.2, -0.15) is 13.2 Å². The number of hydrogen-bond acceptors (Lipinski definition) is 2. The lowest BCUT2D eigenvalue weighted by atomic mass is 9.53. The standard InChI is InChI=1S/C37H45F5N6/c38-20-22-5-6-31(29(13-22)21-39)43-33(45-35-14-23-7-24(15-35)9-25(8-23)16-35)47-48-34(44-32-4-2-1-3-30(32)37(40,41)42)46-36-17-26-10-27(18-36)12-28(11-26)19-36/h1-6,13,23-28H,7-12,14-21H2,(H2,43,45,47)(H2,44,46,48). The Balaban J connectivity index is 1.14. The average molecular weight is 669 g/mol. The van der Waals surface area contributed by atoms with Gasteiger partial charge in [-0.15, -0.1) is 0 Å². The number of aliphatic imine (C=N–C) groups is 2. The van der Waals surface area contributed by atoms with E-state index in [-0.39, 0.29) is 22.7 Å². The number of hydrazine groups is 1. The smallest absolute Gasteiger partial charge is 0.325 e. The number of nitrogens with one attached hydrogen (secondary N) is 4. The van der Waals surface area contributed by atoms with Gasteiger partial charge in [0.05, 0.1) is 22.3 Å². The largest absolute Gasteiger partial charge is 0.418 e. The summed E-state index contributed by atoms with van der Waals surface area (Å²) in [5.41, 5.74) is 6.05. The molecule has 48 heavy (non-hydrogen) atoms. The Kier molecular flexibility index (Phi) is 8.10. The van der Waals surface area contributed by atoms with Crippen LogP contribution >= 0.6 is 0 Å². The summed E-state index contributed by atoms with van der Waals surface area (Å²) in [6.07, 6.45) is 8.54. The molecule has 2 aromatic carbocycles. The van der Waals surface area contributed by atoms with Gasteiger partial charge in [-0.25, -0.2) is 18.8 Å². The van der Waals surface area contributed by atoms with E-state index in [1.807, 2.05) is 0 Å². The van der Waals surface area contributed by atoms with Crippen molar-refractivity contribution in [3.63, 3.8) is 0 Å². The second-order valence-corrected chi connectivity index (χ2v) is 16.0. The summed E-state index contributed by atoms with van der Waals surface area (Å²) in [5, 5.41) is 6.31. The number of hydrogen-bond donors (Lipinski definition) is 4. The first kappa shape index (κ1) is 31.9. The van der Waals surface area contributed by atoms with Gasteiger partial charge in [-0.1, -0.05) is 18.2 Å². The maximum absolute atomic E-state index is 14.2. The van der Waals surface area contributed by atoms with Crippen LogP contribution in [0.4, 0.5) is 33.3 Å². The van der Waals surface area contributed by atoms with Gasteiger partial charge in [0, 0.05) is 11.3 Å². The number of para-hydroxylation sites is 1. The van der Waals surface area contributed by atoms with Gasteiger partial charge in [0.15, 0.2) is 0 Å². The number of benzene rings is 2. The number of halogens is 5. The summed E-state index contributed by atoms with van der Waals surface area (Å²) in [5.74, 6) is 4.24. The van der Waals surface area contributed by atoms with Crippen LogP contribution in [0.5, 0.6) is 0 Å². The van der Waals surface area contributed by atoms with E-state index in [1.54, 1.807) is 18.2 Å². The second-order valence-electron chi connectivity index (χ2n) is 16.0. The van der Waals surface area contributed by atoms with E-state index in [1.165, 1.54) is 56.7 Å². The van der Waals surface area contributed by atoms with Crippen LogP contribution < -0.4 is 21.5 Å². The number of anilines is 2. The van der Waals surface area contributed by atoms with Crippen LogP contribution in [-0.4, -0.2) is 23.0 Å². The van der Waals surface area contributed by atoms with E-state index in [2.05, 4.69) is 21.5 Å². The van der Waals surface area contributed by atoms with Crippen molar-refractivity contribution >= 4 is 23.3 Å². The fourth-order valence-electron chi connectivity index (χ4n) is 11.2. The number of alkyl halides is 5. The zero-order chi connectivity index (χ0) is 33.1. The highest BCUT2D eigenvalue weighted by Crippen LogP contribution is 2.58. The maximum Gasteiger partial charge on any atom is 0.418 e. The second kappa shape index (κ2) is 12.2. The van der Waals surface area contributed by atoms with Crippen molar-refractivity contribution in [1.29, 1.82) is 0 Å². The van der Waals surface area contributed by atoms with Gasteiger partial charge in [0.25, 0.3) is 0 Å². The van der Waals surface area contributed by atoms with Crippen molar-refractivity contribution in [2.75, 3.05) is 10.6 Å². The first-order chi connectivity index (χ1) is 23.1.